The zero-order valence-corrected chi connectivity index (χ0v) is 14.6. The summed E-state index contributed by atoms with van der Waals surface area (Å²) in [6.07, 6.45) is 5.56. The number of fused-ring (bicyclic) bond motifs is 1. The van der Waals surface area contributed by atoms with Gasteiger partial charge in [-0.15, -0.1) is 11.3 Å². The number of hydrogen-bond donors (Lipinski definition) is 2. The van der Waals surface area contributed by atoms with Gasteiger partial charge < -0.3 is 15.3 Å². The van der Waals surface area contributed by atoms with Crippen molar-refractivity contribution in [1.82, 2.24) is 15.2 Å². The molecular formula is C16H27N3O2S. The standard InChI is InChI=1S/C16H27N3O2S/c1-4-19(11-16(2,3)21)15(20)17-10-9-14-18-12-7-5-6-8-13(12)22-14/h21H,4-11H2,1-3H3,(H,17,20). The first-order valence-electron chi connectivity index (χ1n) is 8.11. The number of nitrogens with zero attached hydrogens (tertiary/aromatic N) is 2. The molecule has 0 saturated heterocycles. The summed E-state index contributed by atoms with van der Waals surface area (Å²) >= 11 is 1.80. The van der Waals surface area contributed by atoms with Crippen LogP contribution in [0.1, 0.15) is 49.2 Å². The van der Waals surface area contributed by atoms with Gasteiger partial charge in [-0.1, -0.05) is 0 Å². The third-order valence-corrected chi connectivity index (χ3v) is 4.97. The minimum Gasteiger partial charge on any atom is -0.389 e. The predicted molar refractivity (Wildman–Crippen MR) is 89.4 cm³/mol. The van der Waals surface area contributed by atoms with Gasteiger partial charge in [-0.05, 0) is 46.5 Å². The van der Waals surface area contributed by atoms with Crippen molar-refractivity contribution < 1.29 is 9.90 Å². The Bertz CT molecular complexity index is 484. The molecule has 2 N–H and O–H groups in total. The van der Waals surface area contributed by atoms with Crippen molar-refractivity contribution in [2.75, 3.05) is 19.6 Å². The molecule has 0 aromatic carbocycles. The summed E-state index contributed by atoms with van der Waals surface area (Å²) in [7, 11) is 0. The number of carbonyl (C=O) groups excluding carboxylic acids is 1. The third kappa shape index (κ3) is 4.95. The number of nitrogens with one attached hydrogen (secondary N) is 1. The number of urea groups is 1. The Morgan fingerprint density at radius 2 is 2.14 bits per heavy atom. The van der Waals surface area contributed by atoms with Crippen LogP contribution in [0.3, 0.4) is 0 Å². The highest BCUT2D eigenvalue weighted by Crippen LogP contribution is 2.26. The highest BCUT2D eigenvalue weighted by molar-refractivity contribution is 7.11. The predicted octanol–water partition coefficient (Wildman–Crippen LogP) is 2.37. The number of aromatic nitrogens is 1. The van der Waals surface area contributed by atoms with Crippen LogP contribution in [0, 0.1) is 0 Å². The molecule has 1 aromatic rings. The van der Waals surface area contributed by atoms with E-state index in [1.165, 1.54) is 23.4 Å². The van der Waals surface area contributed by atoms with Crippen LogP contribution in [0.5, 0.6) is 0 Å². The van der Waals surface area contributed by atoms with E-state index in [2.05, 4.69) is 10.3 Å². The maximum Gasteiger partial charge on any atom is 0.317 e. The van der Waals surface area contributed by atoms with Crippen molar-refractivity contribution in [2.24, 2.45) is 0 Å². The van der Waals surface area contributed by atoms with Crippen molar-refractivity contribution in [3.8, 4) is 0 Å². The van der Waals surface area contributed by atoms with Crippen LogP contribution >= 0.6 is 11.3 Å². The lowest BCUT2D eigenvalue weighted by molar-refractivity contribution is 0.0480. The molecule has 0 aliphatic heterocycles. The fourth-order valence-electron chi connectivity index (χ4n) is 2.69. The van der Waals surface area contributed by atoms with Crippen LogP contribution < -0.4 is 5.32 Å². The molecule has 0 radical (unpaired) electrons. The van der Waals surface area contributed by atoms with Gasteiger partial charge in [-0.2, -0.15) is 0 Å². The van der Waals surface area contributed by atoms with E-state index in [9.17, 15) is 9.90 Å². The number of rotatable bonds is 6. The van der Waals surface area contributed by atoms with Crippen molar-refractivity contribution >= 4 is 17.4 Å². The highest BCUT2D eigenvalue weighted by Gasteiger charge is 2.21. The van der Waals surface area contributed by atoms with Gasteiger partial charge in [0.2, 0.25) is 0 Å². The second-order valence-corrected chi connectivity index (χ2v) is 7.66. The minimum atomic E-state index is -0.873. The SMILES string of the molecule is CCN(CC(C)(C)O)C(=O)NCCc1nc2c(s1)CCCC2. The number of likely N-dealkylation sites (N-methyl/N-ethyl adjacent to an activating group) is 1. The summed E-state index contributed by atoms with van der Waals surface area (Å²) in [5.41, 5.74) is 0.400. The largest absolute Gasteiger partial charge is 0.389 e. The number of aliphatic hydroxyl groups is 1. The zero-order valence-electron chi connectivity index (χ0n) is 13.8. The second kappa shape index (κ2) is 7.42. The number of aryl methyl sites for hydroxylation is 2. The van der Waals surface area contributed by atoms with Crippen LogP contribution in [0.25, 0.3) is 0 Å². The Kier molecular flexibility index (Phi) is 5.81. The van der Waals surface area contributed by atoms with Gasteiger partial charge in [-0.3, -0.25) is 0 Å². The molecule has 1 aliphatic carbocycles. The monoisotopic (exact) mass is 325 g/mol. The zero-order chi connectivity index (χ0) is 16.2. The van der Waals surface area contributed by atoms with Gasteiger partial charge in [0.1, 0.15) is 0 Å². The van der Waals surface area contributed by atoms with E-state index in [0.717, 1.165) is 24.3 Å². The van der Waals surface area contributed by atoms with Gasteiger partial charge in [0, 0.05) is 24.4 Å². The molecule has 1 aliphatic rings. The number of thiazole rings is 1. The quantitative estimate of drug-likeness (QED) is 0.844. The van der Waals surface area contributed by atoms with Gasteiger partial charge >= 0.3 is 6.03 Å². The van der Waals surface area contributed by atoms with Crippen LogP contribution in [-0.2, 0) is 19.3 Å². The van der Waals surface area contributed by atoms with E-state index in [0.29, 0.717) is 19.6 Å². The minimum absolute atomic E-state index is 0.119. The second-order valence-electron chi connectivity index (χ2n) is 6.49. The van der Waals surface area contributed by atoms with Gasteiger partial charge in [0.25, 0.3) is 0 Å². The molecule has 22 heavy (non-hydrogen) atoms. The molecule has 6 heteroatoms. The molecule has 5 nitrogen and oxygen atoms in total. The summed E-state index contributed by atoms with van der Waals surface area (Å²) in [6.45, 7) is 6.85. The van der Waals surface area contributed by atoms with Crippen LogP contribution in [0.2, 0.25) is 0 Å². The summed E-state index contributed by atoms with van der Waals surface area (Å²) in [4.78, 5) is 19.9. The maximum atomic E-state index is 12.1. The van der Waals surface area contributed by atoms with Crippen LogP contribution in [0.15, 0.2) is 0 Å². The molecular weight excluding hydrogens is 298 g/mol. The van der Waals surface area contributed by atoms with E-state index >= 15 is 0 Å². The molecule has 124 valence electrons. The summed E-state index contributed by atoms with van der Waals surface area (Å²) in [5.74, 6) is 0. The molecule has 0 fully saturated rings. The first kappa shape index (κ1) is 17.2. The molecule has 0 bridgehead atoms. The molecule has 0 atom stereocenters. The van der Waals surface area contributed by atoms with E-state index in [-0.39, 0.29) is 6.03 Å². The lowest BCUT2D eigenvalue weighted by Gasteiger charge is -2.28. The van der Waals surface area contributed by atoms with E-state index in [1.54, 1.807) is 30.1 Å². The maximum absolute atomic E-state index is 12.1. The first-order valence-corrected chi connectivity index (χ1v) is 8.93. The fourth-order valence-corrected chi connectivity index (χ4v) is 3.85. The number of hydrogen-bond acceptors (Lipinski definition) is 4. The van der Waals surface area contributed by atoms with Gasteiger partial charge in [0.05, 0.1) is 22.8 Å². The van der Waals surface area contributed by atoms with Crippen molar-refractivity contribution in [2.45, 2.75) is 58.5 Å². The van der Waals surface area contributed by atoms with Crippen molar-refractivity contribution in [1.29, 1.82) is 0 Å². The molecule has 2 amide bonds. The lowest BCUT2D eigenvalue weighted by atomic mass is 10.0. The van der Waals surface area contributed by atoms with Gasteiger partial charge in [-0.25, -0.2) is 9.78 Å². The smallest absolute Gasteiger partial charge is 0.317 e. The summed E-state index contributed by atoms with van der Waals surface area (Å²) in [5, 5.41) is 13.9. The fraction of sp³-hybridized carbons (Fsp3) is 0.750. The summed E-state index contributed by atoms with van der Waals surface area (Å²) in [6, 6.07) is -0.119. The van der Waals surface area contributed by atoms with Crippen LogP contribution in [0.4, 0.5) is 4.79 Å². The summed E-state index contributed by atoms with van der Waals surface area (Å²) < 4.78 is 0. The average Bonchev–Trinajstić information content (AvgIpc) is 2.86. The number of amides is 2. The molecule has 1 aromatic heterocycles. The molecule has 0 spiro atoms. The molecule has 0 saturated carbocycles. The molecule has 2 rings (SSSR count). The van der Waals surface area contributed by atoms with Crippen molar-refractivity contribution in [3.63, 3.8) is 0 Å². The Balaban J connectivity index is 1.79. The average molecular weight is 325 g/mol. The normalized spacial score (nSPS) is 14.5. The van der Waals surface area contributed by atoms with Crippen LogP contribution in [-0.4, -0.2) is 46.3 Å². The topological polar surface area (TPSA) is 65.5 Å². The van der Waals surface area contributed by atoms with E-state index < -0.39 is 5.60 Å². The highest BCUT2D eigenvalue weighted by atomic mass is 32.1. The molecule has 1 heterocycles. The molecule has 0 unspecified atom stereocenters. The van der Waals surface area contributed by atoms with E-state index in [4.69, 9.17) is 0 Å². The van der Waals surface area contributed by atoms with Crippen molar-refractivity contribution in [3.05, 3.63) is 15.6 Å². The first-order chi connectivity index (χ1) is 10.4. The Hall–Kier alpha value is -1.14. The van der Waals surface area contributed by atoms with E-state index in [1.807, 2.05) is 6.92 Å². The van der Waals surface area contributed by atoms with Gasteiger partial charge in [0.15, 0.2) is 0 Å². The third-order valence-electron chi connectivity index (χ3n) is 3.75. The Morgan fingerprint density at radius 1 is 1.41 bits per heavy atom. The number of carbonyl (C=O) groups is 1. The Morgan fingerprint density at radius 3 is 2.77 bits per heavy atom. The Labute approximate surface area is 136 Å². The lowest BCUT2D eigenvalue weighted by Crippen LogP contribution is -2.47.